The molecule has 0 aliphatic rings. The molecule has 0 spiro atoms. The number of pyridine rings is 1. The van der Waals surface area contributed by atoms with E-state index in [2.05, 4.69) is 31.0 Å². The maximum absolute atomic E-state index is 12.7. The lowest BCUT2D eigenvalue weighted by atomic mass is 9.88. The Morgan fingerprint density at radius 2 is 1.94 bits per heavy atom. The van der Waals surface area contributed by atoms with E-state index >= 15 is 0 Å². The topological polar surface area (TPSA) is 116 Å². The summed E-state index contributed by atoms with van der Waals surface area (Å²) in [6.07, 6.45) is 0.614. The first-order valence-corrected chi connectivity index (χ1v) is 10.7. The van der Waals surface area contributed by atoms with Crippen molar-refractivity contribution >= 4 is 17.4 Å². The van der Waals surface area contributed by atoms with Crippen LogP contribution >= 0.6 is 0 Å². The van der Waals surface area contributed by atoms with E-state index in [-0.39, 0.29) is 12.5 Å². The van der Waals surface area contributed by atoms with Gasteiger partial charge in [-0.2, -0.15) is 0 Å². The maximum atomic E-state index is 12.7. The number of carbonyl (C=O) groups is 1. The second-order valence-corrected chi connectivity index (χ2v) is 8.00. The van der Waals surface area contributed by atoms with E-state index in [1.807, 2.05) is 57.2 Å². The number of nitrogens with one attached hydrogen (secondary N) is 1. The first-order valence-electron chi connectivity index (χ1n) is 10.7. The monoisotopic (exact) mass is 451 g/mol. The molecule has 174 valence electrons. The molecule has 2 heterocycles. The first kappa shape index (κ1) is 24.0. The fraction of sp³-hybridized carbons (Fsp3) is 0.391. The number of oxime groups is 1. The normalized spacial score (nSPS) is 11.9. The van der Waals surface area contributed by atoms with Crippen LogP contribution in [0.25, 0.3) is 0 Å². The van der Waals surface area contributed by atoms with Gasteiger partial charge in [0, 0.05) is 31.2 Å². The van der Waals surface area contributed by atoms with Gasteiger partial charge >= 0.3 is 0 Å². The molecule has 10 heteroatoms. The number of anilines is 1. The smallest absolute Gasteiger partial charge is 0.231 e. The van der Waals surface area contributed by atoms with E-state index < -0.39 is 5.41 Å². The number of amides is 1. The highest BCUT2D eigenvalue weighted by Gasteiger charge is 2.27. The number of benzene rings is 1. The number of ether oxygens (including phenoxy) is 1. The molecule has 10 nitrogen and oxygen atoms in total. The number of carbonyl (C=O) groups excluding carboxylic acids is 1. The molecule has 3 aromatic rings. The lowest BCUT2D eigenvalue weighted by Crippen LogP contribution is -2.32. The van der Waals surface area contributed by atoms with Crippen molar-refractivity contribution in [2.75, 3.05) is 18.5 Å². The maximum Gasteiger partial charge on any atom is 0.231 e. The number of aryl methyl sites for hydroxylation is 1. The lowest BCUT2D eigenvalue weighted by molar-refractivity contribution is -0.124. The summed E-state index contributed by atoms with van der Waals surface area (Å²) in [5.74, 6) is 0.812. The minimum absolute atomic E-state index is 0.110. The molecule has 3 rings (SSSR count). The third-order valence-corrected chi connectivity index (χ3v) is 4.99. The molecule has 1 amide bonds. The molecule has 1 N–H and O–H groups in total. The summed E-state index contributed by atoms with van der Waals surface area (Å²) in [6.45, 7) is 6.97. The zero-order chi connectivity index (χ0) is 23.7. The molecule has 2 aromatic heterocycles. The molecule has 1 aromatic carbocycles. The molecule has 33 heavy (non-hydrogen) atoms. The zero-order valence-electron chi connectivity index (χ0n) is 19.4. The average molecular weight is 452 g/mol. The zero-order valence-corrected chi connectivity index (χ0v) is 19.4. The summed E-state index contributed by atoms with van der Waals surface area (Å²) in [6, 6.07) is 14.9. The third kappa shape index (κ3) is 6.66. The van der Waals surface area contributed by atoms with Gasteiger partial charge in [-0.1, -0.05) is 55.4 Å². The molecule has 0 atom stereocenters. The largest absolute Gasteiger partial charge is 0.389 e. The van der Waals surface area contributed by atoms with Crippen LogP contribution in [0.1, 0.15) is 44.3 Å². The number of rotatable bonds is 11. The average Bonchev–Trinajstić information content (AvgIpc) is 3.23. The summed E-state index contributed by atoms with van der Waals surface area (Å²) < 4.78 is 6.90. The van der Waals surface area contributed by atoms with Gasteiger partial charge in [0.15, 0.2) is 12.3 Å². The van der Waals surface area contributed by atoms with Crippen molar-refractivity contribution < 1.29 is 14.4 Å². The first-order chi connectivity index (χ1) is 15.9. The van der Waals surface area contributed by atoms with Crippen LogP contribution in [0.4, 0.5) is 5.82 Å². The molecule has 0 aliphatic carbocycles. The van der Waals surface area contributed by atoms with E-state index in [9.17, 15) is 4.79 Å². The Hall–Kier alpha value is -3.66. The van der Waals surface area contributed by atoms with Crippen LogP contribution in [0.2, 0.25) is 0 Å². The van der Waals surface area contributed by atoms with Crippen LogP contribution in [0.5, 0.6) is 0 Å². The molecule has 0 fully saturated rings. The molecular formula is C23H29N7O3. The predicted octanol–water partition coefficient (Wildman–Crippen LogP) is 2.97. The van der Waals surface area contributed by atoms with Crippen molar-refractivity contribution in [3.05, 3.63) is 65.6 Å². The number of nitrogens with zero attached hydrogens (tertiary/aromatic N) is 6. The van der Waals surface area contributed by atoms with Crippen molar-refractivity contribution in [1.82, 2.24) is 25.2 Å². The Balaban J connectivity index is 1.68. The summed E-state index contributed by atoms with van der Waals surface area (Å²) in [5.41, 5.74) is 1.36. The van der Waals surface area contributed by atoms with E-state index in [0.717, 1.165) is 5.56 Å². The molecule has 0 bridgehead atoms. The van der Waals surface area contributed by atoms with Gasteiger partial charge in [0.05, 0.1) is 5.69 Å². The van der Waals surface area contributed by atoms with Crippen molar-refractivity contribution in [2.24, 2.45) is 17.6 Å². The van der Waals surface area contributed by atoms with E-state index in [1.54, 1.807) is 19.2 Å². The van der Waals surface area contributed by atoms with Crippen molar-refractivity contribution in [2.45, 2.75) is 33.8 Å². The van der Waals surface area contributed by atoms with Crippen molar-refractivity contribution in [1.29, 1.82) is 0 Å². The minimum Gasteiger partial charge on any atom is -0.389 e. The molecule has 0 saturated carbocycles. The Morgan fingerprint density at radius 3 is 2.64 bits per heavy atom. The van der Waals surface area contributed by atoms with Crippen LogP contribution in [0.3, 0.4) is 0 Å². The van der Waals surface area contributed by atoms with Gasteiger partial charge in [-0.15, -0.1) is 5.10 Å². The van der Waals surface area contributed by atoms with Gasteiger partial charge in [0.1, 0.15) is 5.82 Å². The van der Waals surface area contributed by atoms with Crippen LogP contribution < -0.4 is 5.32 Å². The quantitative estimate of drug-likeness (QED) is 0.271. The fourth-order valence-corrected chi connectivity index (χ4v) is 2.91. The van der Waals surface area contributed by atoms with Crippen molar-refractivity contribution in [3.8, 4) is 0 Å². The number of hydrogen-bond donors (Lipinski definition) is 1. The highest BCUT2D eigenvalue weighted by Crippen LogP contribution is 2.22. The summed E-state index contributed by atoms with van der Waals surface area (Å²) in [5, 5.41) is 18.7. The van der Waals surface area contributed by atoms with Gasteiger partial charge in [0.2, 0.25) is 11.7 Å². The Kier molecular flexibility index (Phi) is 8.20. The van der Waals surface area contributed by atoms with Crippen LogP contribution in [-0.2, 0) is 28.0 Å². The standard InChI is InChI=1S/C23H29N7O3/c1-5-32-15-14-23(2,3)22(31)25-19-13-9-12-18(24-19)16-33-27-20(17-10-7-6-8-11-17)21-26-28-29-30(21)4/h6-13H,5,14-16H2,1-4H3,(H,24,25,31)/b27-20-. The Bertz CT molecular complexity index is 1080. The predicted molar refractivity (Wildman–Crippen MR) is 123 cm³/mol. The Labute approximate surface area is 193 Å². The summed E-state index contributed by atoms with van der Waals surface area (Å²) in [7, 11) is 1.73. The van der Waals surface area contributed by atoms with Gasteiger partial charge in [-0.3, -0.25) is 4.79 Å². The van der Waals surface area contributed by atoms with Gasteiger partial charge in [-0.25, -0.2) is 9.67 Å². The van der Waals surface area contributed by atoms with Crippen LogP contribution in [0.15, 0.2) is 53.7 Å². The highest BCUT2D eigenvalue weighted by atomic mass is 16.6. The van der Waals surface area contributed by atoms with Gasteiger partial charge in [-0.05, 0) is 35.9 Å². The second kappa shape index (κ2) is 11.3. The molecule has 0 unspecified atom stereocenters. The number of hydrogen-bond acceptors (Lipinski definition) is 8. The summed E-state index contributed by atoms with van der Waals surface area (Å²) in [4.78, 5) is 22.7. The molecule has 0 aliphatic heterocycles. The van der Waals surface area contributed by atoms with Crippen LogP contribution in [-0.4, -0.2) is 50.0 Å². The van der Waals surface area contributed by atoms with E-state index in [0.29, 0.717) is 42.7 Å². The second-order valence-electron chi connectivity index (χ2n) is 8.00. The fourth-order valence-electron chi connectivity index (χ4n) is 2.91. The number of aromatic nitrogens is 5. The summed E-state index contributed by atoms with van der Waals surface area (Å²) >= 11 is 0. The van der Waals surface area contributed by atoms with Gasteiger partial charge in [0.25, 0.3) is 0 Å². The highest BCUT2D eigenvalue weighted by molar-refractivity contribution is 6.10. The molecule has 0 saturated heterocycles. The van der Waals surface area contributed by atoms with Crippen LogP contribution in [0, 0.1) is 5.41 Å². The molecular weight excluding hydrogens is 422 g/mol. The van der Waals surface area contributed by atoms with E-state index in [1.165, 1.54) is 4.68 Å². The molecule has 0 radical (unpaired) electrons. The minimum atomic E-state index is -0.581. The number of tetrazole rings is 1. The third-order valence-electron chi connectivity index (χ3n) is 4.99. The van der Waals surface area contributed by atoms with Gasteiger partial charge < -0.3 is 14.9 Å². The van der Waals surface area contributed by atoms with Crippen molar-refractivity contribution in [3.63, 3.8) is 0 Å². The SMILES string of the molecule is CCOCCC(C)(C)C(=O)Nc1cccc(CO/N=C(/c2ccccc2)c2nnnn2C)n1. The Morgan fingerprint density at radius 1 is 1.15 bits per heavy atom. The lowest BCUT2D eigenvalue weighted by Gasteiger charge is -2.23. The van der Waals surface area contributed by atoms with E-state index in [4.69, 9.17) is 9.57 Å².